The first-order chi connectivity index (χ1) is 12.0. The van der Waals surface area contributed by atoms with Crippen molar-refractivity contribution >= 4 is 30.1 Å². The number of aryl methyl sites for hydroxylation is 2. The van der Waals surface area contributed by atoms with Gasteiger partial charge >= 0.3 is 0 Å². The average Bonchev–Trinajstić information content (AvgIpc) is 3.14. The van der Waals surface area contributed by atoms with Gasteiger partial charge in [0, 0.05) is 35.8 Å². The number of hydrogen-bond donors (Lipinski definition) is 1. The number of amides is 1. The molecule has 0 aliphatic carbocycles. The molecule has 1 aliphatic heterocycles. The fraction of sp³-hybridized carbons (Fsp3) is 0.381. The largest absolute Gasteiger partial charge is 0.337 e. The molecule has 1 N–H and O–H groups in total. The van der Waals surface area contributed by atoms with Crippen LogP contribution in [0.25, 0.3) is 0 Å². The Balaban J connectivity index is 0.00000243. The van der Waals surface area contributed by atoms with Crippen molar-refractivity contribution in [3.8, 4) is 0 Å². The van der Waals surface area contributed by atoms with Gasteiger partial charge in [-0.25, -0.2) is 0 Å². The number of carbonyl (C=O) groups excluding carboxylic acids is 1. The number of benzene rings is 2. The lowest BCUT2D eigenvalue weighted by Gasteiger charge is -2.24. The summed E-state index contributed by atoms with van der Waals surface area (Å²) in [5.41, 5.74) is 4.58. The average molecular weight is 391 g/mol. The molecular weight excluding hydrogens is 364 g/mol. The Kier molecular flexibility index (Phi) is 7.56. The molecule has 1 atom stereocenters. The molecule has 0 saturated carbocycles. The van der Waals surface area contributed by atoms with Crippen LogP contribution in [0.4, 0.5) is 0 Å². The van der Waals surface area contributed by atoms with Crippen LogP contribution >= 0.6 is 24.2 Å². The monoisotopic (exact) mass is 390 g/mol. The minimum atomic E-state index is 0. The molecule has 2 aromatic rings. The molecule has 1 fully saturated rings. The molecule has 0 radical (unpaired) electrons. The Hall–Kier alpha value is -1.49. The second-order valence-electron chi connectivity index (χ2n) is 6.82. The Labute approximate surface area is 167 Å². The highest BCUT2D eigenvalue weighted by Gasteiger charge is 2.24. The number of thioether (sulfide) groups is 1. The molecule has 1 saturated heterocycles. The molecule has 1 aliphatic rings. The summed E-state index contributed by atoms with van der Waals surface area (Å²) in [4.78, 5) is 15.9. The van der Waals surface area contributed by atoms with E-state index in [0.29, 0.717) is 6.04 Å². The van der Waals surface area contributed by atoms with Gasteiger partial charge in [-0.05, 0) is 56.1 Å². The highest BCUT2D eigenvalue weighted by atomic mass is 35.5. The Bertz CT molecular complexity index is 759. The normalized spacial score (nSPS) is 16.2. The van der Waals surface area contributed by atoms with Crippen LogP contribution in [0.5, 0.6) is 0 Å². The van der Waals surface area contributed by atoms with Crippen LogP contribution in [0.3, 0.4) is 0 Å². The van der Waals surface area contributed by atoms with E-state index >= 15 is 0 Å². The van der Waals surface area contributed by atoms with Crippen LogP contribution in [0, 0.1) is 13.8 Å². The number of carbonyl (C=O) groups is 1. The minimum Gasteiger partial charge on any atom is -0.337 e. The van der Waals surface area contributed by atoms with Gasteiger partial charge < -0.3 is 10.2 Å². The topological polar surface area (TPSA) is 32.3 Å². The number of nitrogens with one attached hydrogen (secondary N) is 1. The molecule has 26 heavy (non-hydrogen) atoms. The van der Waals surface area contributed by atoms with Crippen molar-refractivity contribution in [3.05, 3.63) is 64.7 Å². The van der Waals surface area contributed by atoms with Crippen LogP contribution < -0.4 is 5.32 Å². The fourth-order valence-electron chi connectivity index (χ4n) is 3.26. The summed E-state index contributed by atoms with van der Waals surface area (Å²) in [6.45, 7) is 6.16. The van der Waals surface area contributed by atoms with Crippen molar-refractivity contribution in [1.29, 1.82) is 0 Å². The fourth-order valence-corrected chi connectivity index (χ4v) is 4.21. The van der Waals surface area contributed by atoms with Crippen LogP contribution in [0.2, 0.25) is 0 Å². The highest BCUT2D eigenvalue weighted by molar-refractivity contribution is 7.98. The molecule has 2 aromatic carbocycles. The molecule has 0 bridgehead atoms. The molecule has 1 amide bonds. The van der Waals surface area contributed by atoms with Crippen LogP contribution in [-0.4, -0.2) is 37.0 Å². The van der Waals surface area contributed by atoms with Crippen molar-refractivity contribution in [1.82, 2.24) is 10.2 Å². The van der Waals surface area contributed by atoms with E-state index in [-0.39, 0.29) is 18.3 Å². The van der Waals surface area contributed by atoms with E-state index in [1.807, 2.05) is 41.9 Å². The van der Waals surface area contributed by atoms with Crippen LogP contribution in [0.15, 0.2) is 47.4 Å². The van der Waals surface area contributed by atoms with Gasteiger partial charge in [-0.2, -0.15) is 0 Å². The molecular formula is C21H27ClN2OS. The Morgan fingerprint density at radius 2 is 2.04 bits per heavy atom. The van der Waals surface area contributed by atoms with Gasteiger partial charge in [0.15, 0.2) is 0 Å². The first-order valence-corrected chi connectivity index (χ1v) is 9.80. The van der Waals surface area contributed by atoms with E-state index in [1.165, 1.54) is 21.6 Å². The SMILES string of the molecule is Cc1ccc(SCc2cccc(C(=O)N(C)C3CCNC3)c2)c(C)c1.Cl. The van der Waals surface area contributed by atoms with Gasteiger partial charge in [-0.1, -0.05) is 29.8 Å². The third-order valence-corrected chi connectivity index (χ3v) is 6.05. The number of likely N-dealkylation sites (N-methyl/N-ethyl adjacent to an activating group) is 1. The second kappa shape index (κ2) is 9.45. The lowest BCUT2D eigenvalue weighted by molar-refractivity contribution is 0.0743. The van der Waals surface area contributed by atoms with E-state index in [1.54, 1.807) is 0 Å². The zero-order valence-corrected chi connectivity index (χ0v) is 17.3. The number of rotatable bonds is 5. The third kappa shape index (κ3) is 5.03. The van der Waals surface area contributed by atoms with Gasteiger partial charge in [0.2, 0.25) is 0 Å². The van der Waals surface area contributed by atoms with Crippen molar-refractivity contribution < 1.29 is 4.79 Å². The standard InChI is InChI=1S/C21H26N2OS.ClH/c1-15-7-8-20(16(2)11-15)25-14-17-5-4-6-18(12-17)21(24)23(3)19-9-10-22-13-19;/h4-8,11-12,19,22H,9-10,13-14H2,1-3H3;1H. The Morgan fingerprint density at radius 1 is 1.23 bits per heavy atom. The number of halogens is 1. The lowest BCUT2D eigenvalue weighted by atomic mass is 10.1. The van der Waals surface area contributed by atoms with Gasteiger partial charge in [0.25, 0.3) is 5.91 Å². The maximum atomic E-state index is 12.7. The van der Waals surface area contributed by atoms with Crippen molar-refractivity contribution in [3.63, 3.8) is 0 Å². The summed E-state index contributed by atoms with van der Waals surface area (Å²) in [6.07, 6.45) is 1.03. The quantitative estimate of drug-likeness (QED) is 0.765. The molecule has 5 heteroatoms. The maximum Gasteiger partial charge on any atom is 0.253 e. The van der Waals surface area contributed by atoms with Gasteiger partial charge in [-0.3, -0.25) is 4.79 Å². The summed E-state index contributed by atoms with van der Waals surface area (Å²) >= 11 is 1.83. The molecule has 3 nitrogen and oxygen atoms in total. The summed E-state index contributed by atoms with van der Waals surface area (Å²) in [7, 11) is 1.91. The van der Waals surface area contributed by atoms with Gasteiger partial charge in [-0.15, -0.1) is 24.2 Å². The summed E-state index contributed by atoms with van der Waals surface area (Å²) in [5.74, 6) is 0.992. The van der Waals surface area contributed by atoms with E-state index < -0.39 is 0 Å². The smallest absolute Gasteiger partial charge is 0.253 e. The van der Waals surface area contributed by atoms with Crippen molar-refractivity contribution in [2.24, 2.45) is 0 Å². The zero-order valence-electron chi connectivity index (χ0n) is 15.6. The van der Waals surface area contributed by atoms with Crippen molar-refractivity contribution in [2.75, 3.05) is 20.1 Å². The predicted molar refractivity (Wildman–Crippen MR) is 113 cm³/mol. The van der Waals surface area contributed by atoms with Gasteiger partial charge in [0.05, 0.1) is 0 Å². The first kappa shape index (κ1) is 20.8. The minimum absolute atomic E-state index is 0. The first-order valence-electron chi connectivity index (χ1n) is 8.81. The van der Waals surface area contributed by atoms with E-state index in [9.17, 15) is 4.79 Å². The molecule has 1 unspecified atom stereocenters. The summed E-state index contributed by atoms with van der Waals surface area (Å²) in [6, 6.07) is 14.9. The number of hydrogen-bond acceptors (Lipinski definition) is 3. The molecule has 140 valence electrons. The van der Waals surface area contributed by atoms with E-state index in [0.717, 1.165) is 30.8 Å². The Morgan fingerprint density at radius 3 is 2.73 bits per heavy atom. The molecule has 3 rings (SSSR count). The van der Waals surface area contributed by atoms with E-state index in [4.69, 9.17) is 0 Å². The van der Waals surface area contributed by atoms with E-state index in [2.05, 4.69) is 43.4 Å². The molecule has 1 heterocycles. The summed E-state index contributed by atoms with van der Waals surface area (Å²) in [5, 5.41) is 3.32. The molecule has 0 aromatic heterocycles. The van der Waals surface area contributed by atoms with Crippen molar-refractivity contribution in [2.45, 2.75) is 37.0 Å². The maximum absolute atomic E-state index is 12.7. The predicted octanol–water partition coefficient (Wildman–Crippen LogP) is 4.45. The highest BCUT2D eigenvalue weighted by Crippen LogP contribution is 2.27. The summed E-state index contributed by atoms with van der Waals surface area (Å²) < 4.78 is 0. The third-order valence-electron chi connectivity index (χ3n) is 4.80. The second-order valence-corrected chi connectivity index (χ2v) is 7.84. The number of nitrogens with zero attached hydrogens (tertiary/aromatic N) is 1. The van der Waals surface area contributed by atoms with Crippen LogP contribution in [-0.2, 0) is 5.75 Å². The van der Waals surface area contributed by atoms with Gasteiger partial charge in [0.1, 0.15) is 0 Å². The van der Waals surface area contributed by atoms with Crippen LogP contribution in [0.1, 0.15) is 33.5 Å². The lowest BCUT2D eigenvalue weighted by Crippen LogP contribution is -2.38. The molecule has 0 spiro atoms. The zero-order chi connectivity index (χ0) is 17.8.